The summed E-state index contributed by atoms with van der Waals surface area (Å²) < 4.78 is 5.31. The van der Waals surface area contributed by atoms with E-state index < -0.39 is 0 Å². The van der Waals surface area contributed by atoms with Crippen molar-refractivity contribution < 1.29 is 14.3 Å². The zero-order valence-electron chi connectivity index (χ0n) is 12.3. The van der Waals surface area contributed by atoms with Crippen LogP contribution in [-0.4, -0.2) is 18.7 Å². The molecule has 110 valence electrons. The van der Waals surface area contributed by atoms with Crippen LogP contribution in [0.1, 0.15) is 26.3 Å². The number of rotatable bonds is 3. The third-order valence-corrected chi connectivity index (χ3v) is 3.58. The zero-order chi connectivity index (χ0) is 15.7. The number of anilines is 1. The second kappa shape index (κ2) is 5.48. The fourth-order valence-electron chi connectivity index (χ4n) is 2.46. The molecule has 3 rings (SSSR count). The van der Waals surface area contributed by atoms with Gasteiger partial charge in [0.25, 0.3) is 0 Å². The highest BCUT2D eigenvalue weighted by Gasteiger charge is 2.25. The van der Waals surface area contributed by atoms with Gasteiger partial charge in [-0.25, -0.2) is 0 Å². The van der Waals surface area contributed by atoms with Crippen molar-refractivity contribution in [1.29, 1.82) is 0 Å². The second-order valence-electron chi connectivity index (χ2n) is 5.13. The number of allylic oxidation sites excluding steroid dienone is 2. The van der Waals surface area contributed by atoms with Crippen LogP contribution in [0.25, 0.3) is 0 Å². The standard InChI is InChI=1S/C18H15NO3/c1-11-7-8-14(17(9-11)22-2)19-15-10-16(20)12-5-3-4-6-13(12)18(15)21/h3-10,19H,1-2H3. The molecular weight excluding hydrogens is 278 g/mol. The summed E-state index contributed by atoms with van der Waals surface area (Å²) in [5.74, 6) is 0.251. The van der Waals surface area contributed by atoms with Crippen LogP contribution < -0.4 is 10.1 Å². The van der Waals surface area contributed by atoms with E-state index in [1.54, 1.807) is 31.4 Å². The maximum atomic E-state index is 12.5. The molecule has 0 atom stereocenters. The third-order valence-electron chi connectivity index (χ3n) is 3.58. The average molecular weight is 293 g/mol. The molecule has 0 saturated heterocycles. The van der Waals surface area contributed by atoms with E-state index in [2.05, 4.69) is 5.32 Å². The Morgan fingerprint density at radius 3 is 2.45 bits per heavy atom. The highest BCUT2D eigenvalue weighted by molar-refractivity contribution is 6.25. The van der Waals surface area contributed by atoms with Gasteiger partial charge in [-0.3, -0.25) is 9.59 Å². The monoisotopic (exact) mass is 293 g/mol. The van der Waals surface area contributed by atoms with Crippen LogP contribution in [0.2, 0.25) is 0 Å². The summed E-state index contributed by atoms with van der Waals surface area (Å²) in [7, 11) is 1.57. The van der Waals surface area contributed by atoms with Gasteiger partial charge in [0.2, 0.25) is 5.78 Å². The lowest BCUT2D eigenvalue weighted by Gasteiger charge is -2.18. The van der Waals surface area contributed by atoms with Gasteiger partial charge in [0.15, 0.2) is 5.78 Å². The van der Waals surface area contributed by atoms with Crippen molar-refractivity contribution in [2.24, 2.45) is 0 Å². The van der Waals surface area contributed by atoms with Gasteiger partial charge in [-0.15, -0.1) is 0 Å². The number of ether oxygens (including phenoxy) is 1. The lowest BCUT2D eigenvalue weighted by Crippen LogP contribution is -2.21. The highest BCUT2D eigenvalue weighted by atomic mass is 16.5. The molecule has 0 radical (unpaired) electrons. The van der Waals surface area contributed by atoms with Gasteiger partial charge < -0.3 is 10.1 Å². The molecule has 0 saturated carbocycles. The molecule has 2 aromatic carbocycles. The number of Topliss-reactive ketones (excluding diaryl/α,β-unsaturated/α-hetero) is 1. The first kappa shape index (κ1) is 14.1. The molecule has 0 amide bonds. The molecule has 0 fully saturated rings. The summed E-state index contributed by atoms with van der Waals surface area (Å²) in [5.41, 5.74) is 2.82. The first-order valence-electron chi connectivity index (χ1n) is 6.91. The smallest absolute Gasteiger partial charge is 0.210 e. The van der Waals surface area contributed by atoms with Gasteiger partial charge in [0.1, 0.15) is 5.75 Å². The van der Waals surface area contributed by atoms with Crippen LogP contribution >= 0.6 is 0 Å². The number of ketones is 2. The molecule has 4 nitrogen and oxygen atoms in total. The number of aryl methyl sites for hydroxylation is 1. The Morgan fingerprint density at radius 1 is 1.00 bits per heavy atom. The van der Waals surface area contributed by atoms with Crippen LogP contribution in [0.3, 0.4) is 0 Å². The van der Waals surface area contributed by atoms with Crippen molar-refractivity contribution in [2.45, 2.75) is 6.92 Å². The zero-order valence-corrected chi connectivity index (χ0v) is 12.3. The van der Waals surface area contributed by atoms with Gasteiger partial charge >= 0.3 is 0 Å². The Labute approximate surface area is 128 Å². The Balaban J connectivity index is 1.98. The summed E-state index contributed by atoms with van der Waals surface area (Å²) in [4.78, 5) is 24.6. The maximum absolute atomic E-state index is 12.5. The number of methoxy groups -OCH3 is 1. The number of fused-ring (bicyclic) bond motifs is 1. The van der Waals surface area contributed by atoms with E-state index in [9.17, 15) is 9.59 Å². The van der Waals surface area contributed by atoms with Crippen molar-refractivity contribution in [1.82, 2.24) is 0 Å². The molecular formula is C18H15NO3. The molecule has 1 aliphatic carbocycles. The average Bonchev–Trinajstić information content (AvgIpc) is 2.54. The van der Waals surface area contributed by atoms with Gasteiger partial charge in [-0.05, 0) is 24.6 Å². The minimum atomic E-state index is -0.196. The maximum Gasteiger partial charge on any atom is 0.210 e. The lowest BCUT2D eigenvalue weighted by molar-refractivity contribution is 0.0985. The molecule has 22 heavy (non-hydrogen) atoms. The van der Waals surface area contributed by atoms with Crippen molar-refractivity contribution in [3.63, 3.8) is 0 Å². The number of hydrogen-bond acceptors (Lipinski definition) is 4. The van der Waals surface area contributed by atoms with E-state index in [0.29, 0.717) is 22.6 Å². The van der Waals surface area contributed by atoms with Crippen LogP contribution in [0.5, 0.6) is 5.75 Å². The van der Waals surface area contributed by atoms with Crippen molar-refractivity contribution in [2.75, 3.05) is 12.4 Å². The summed E-state index contributed by atoms with van der Waals surface area (Å²) in [6.45, 7) is 1.96. The lowest BCUT2D eigenvalue weighted by atomic mass is 9.92. The minimum absolute atomic E-state index is 0.177. The van der Waals surface area contributed by atoms with E-state index in [1.165, 1.54) is 6.08 Å². The topological polar surface area (TPSA) is 55.4 Å². The Morgan fingerprint density at radius 2 is 1.73 bits per heavy atom. The first-order valence-corrected chi connectivity index (χ1v) is 6.91. The molecule has 4 heteroatoms. The Hall–Kier alpha value is -2.88. The fraction of sp³-hybridized carbons (Fsp3) is 0.111. The van der Waals surface area contributed by atoms with Crippen LogP contribution in [0, 0.1) is 6.92 Å². The number of carbonyl (C=O) groups excluding carboxylic acids is 2. The summed E-state index contributed by atoms with van der Waals surface area (Å²) in [5, 5.41) is 3.01. The minimum Gasteiger partial charge on any atom is -0.495 e. The molecule has 0 bridgehead atoms. The first-order chi connectivity index (χ1) is 10.6. The summed E-state index contributed by atoms with van der Waals surface area (Å²) >= 11 is 0. The Kier molecular flexibility index (Phi) is 3.51. The largest absolute Gasteiger partial charge is 0.495 e. The molecule has 1 N–H and O–H groups in total. The van der Waals surface area contributed by atoms with Crippen molar-refractivity contribution >= 4 is 17.3 Å². The number of benzene rings is 2. The van der Waals surface area contributed by atoms with Crippen LogP contribution in [0.4, 0.5) is 5.69 Å². The summed E-state index contributed by atoms with van der Waals surface area (Å²) in [6, 6.07) is 12.4. The SMILES string of the molecule is COc1cc(C)ccc1NC1=CC(=O)c2ccccc2C1=O. The number of hydrogen-bond donors (Lipinski definition) is 1. The van der Waals surface area contributed by atoms with Crippen LogP contribution in [-0.2, 0) is 0 Å². The highest BCUT2D eigenvalue weighted by Crippen LogP contribution is 2.29. The second-order valence-corrected chi connectivity index (χ2v) is 5.13. The van der Waals surface area contributed by atoms with Gasteiger partial charge in [-0.2, -0.15) is 0 Å². The molecule has 0 aliphatic heterocycles. The van der Waals surface area contributed by atoms with E-state index in [1.807, 2.05) is 25.1 Å². The quantitative estimate of drug-likeness (QED) is 0.942. The summed E-state index contributed by atoms with van der Waals surface area (Å²) in [6.07, 6.45) is 1.34. The number of carbonyl (C=O) groups is 2. The van der Waals surface area contributed by atoms with Crippen molar-refractivity contribution in [3.8, 4) is 5.75 Å². The van der Waals surface area contributed by atoms with Crippen LogP contribution in [0.15, 0.2) is 54.2 Å². The van der Waals surface area contributed by atoms with E-state index in [0.717, 1.165) is 5.56 Å². The predicted molar refractivity (Wildman–Crippen MR) is 84.5 cm³/mol. The Bertz CT molecular complexity index is 806. The molecule has 0 spiro atoms. The van der Waals surface area contributed by atoms with Gasteiger partial charge in [0.05, 0.1) is 18.5 Å². The number of nitrogens with one attached hydrogen (secondary N) is 1. The van der Waals surface area contributed by atoms with E-state index >= 15 is 0 Å². The molecule has 2 aromatic rings. The van der Waals surface area contributed by atoms with Crippen molar-refractivity contribution in [3.05, 3.63) is 70.9 Å². The molecule has 0 aromatic heterocycles. The predicted octanol–water partition coefficient (Wildman–Crippen LogP) is 3.38. The molecule has 0 unspecified atom stereocenters. The molecule has 1 aliphatic rings. The fourth-order valence-corrected chi connectivity index (χ4v) is 2.46. The van der Waals surface area contributed by atoms with Gasteiger partial charge in [0, 0.05) is 17.2 Å². The normalized spacial score (nSPS) is 13.5. The van der Waals surface area contributed by atoms with E-state index in [-0.39, 0.29) is 17.3 Å². The molecule has 0 heterocycles. The van der Waals surface area contributed by atoms with E-state index in [4.69, 9.17) is 4.74 Å². The third kappa shape index (κ3) is 2.39. The van der Waals surface area contributed by atoms with Gasteiger partial charge in [-0.1, -0.05) is 30.3 Å².